The second-order valence-electron chi connectivity index (χ2n) is 23.0. The summed E-state index contributed by atoms with van der Waals surface area (Å²) in [6.07, 6.45) is 72.9. The Kier molecular flexibility index (Phi) is 56.5. The molecule has 87 heavy (non-hydrogen) atoms. The molecule has 0 radical (unpaired) electrons. The number of aliphatic hydroxyl groups is 2. The lowest BCUT2D eigenvalue weighted by atomic mass is 9.98. The SMILES string of the molecule is CC/C=C\C/C=C\C/C=C\C/C=C\C/C=C\CCCCCC(=O)OCC(COC1OC(C(=O)O)C(O)C(O)C1OC(=O)CCCCCCCC/C=C\C/C=C\C/C=C\C/C=C\CC)OC(=O)CCCCCCCCCCC/C=C\CCCCCCCC. The Balaban J connectivity index is 2.68. The van der Waals surface area contributed by atoms with E-state index in [1.165, 1.54) is 70.6 Å². The Labute approximate surface area is 528 Å². The van der Waals surface area contributed by atoms with E-state index < -0.39 is 67.3 Å². The van der Waals surface area contributed by atoms with Crippen molar-refractivity contribution in [2.75, 3.05) is 13.2 Å². The van der Waals surface area contributed by atoms with Gasteiger partial charge in [-0.25, -0.2) is 4.79 Å². The second-order valence-corrected chi connectivity index (χ2v) is 23.0. The van der Waals surface area contributed by atoms with Crippen LogP contribution >= 0.6 is 0 Å². The van der Waals surface area contributed by atoms with E-state index in [1.807, 2.05) is 0 Å². The van der Waals surface area contributed by atoms with Crippen molar-refractivity contribution in [2.45, 2.75) is 314 Å². The maximum absolute atomic E-state index is 13.2. The maximum Gasteiger partial charge on any atom is 0.335 e. The standard InChI is InChI=1S/C75H122O12/c1-4-7-10-13-16-19-22-25-28-31-34-37-40-43-46-49-52-55-58-61-67(76)83-64-66(85-68(77)62-59-56-53-50-47-44-41-38-35-32-29-26-23-20-17-14-11-8-5-2)65-84-75-73(71(80)70(79)72(87-75)74(81)82)86-69(78)63-60-57-54-51-48-45-42-39-36-33-30-27-24-21-18-15-12-9-6-3/h7,9-10,12,16,18-19,21,25-30,34,36-37,39,43,46,66,70-73,75,79-80H,4-6,8,11,13-15,17,20,22-24,31-33,35,38,40-42,44-45,47-65H2,1-3H3,(H,81,82)/b10-7-,12-9-,19-16-,21-18-,28-25-,29-26-,30-27-,37-34-,39-36-,46-43-. The largest absolute Gasteiger partial charge is 0.479 e. The summed E-state index contributed by atoms with van der Waals surface area (Å²) >= 11 is 0. The number of carboxylic acids is 1. The van der Waals surface area contributed by atoms with Crippen LogP contribution in [0.15, 0.2) is 122 Å². The molecule has 0 aromatic rings. The lowest BCUT2D eigenvalue weighted by Crippen LogP contribution is -2.61. The first-order valence-corrected chi connectivity index (χ1v) is 34.5. The smallest absolute Gasteiger partial charge is 0.335 e. The van der Waals surface area contributed by atoms with E-state index in [-0.39, 0.29) is 25.9 Å². The van der Waals surface area contributed by atoms with Gasteiger partial charge in [-0.3, -0.25) is 14.4 Å². The van der Waals surface area contributed by atoms with Crippen molar-refractivity contribution >= 4 is 23.9 Å². The summed E-state index contributed by atoms with van der Waals surface area (Å²) in [7, 11) is 0. The van der Waals surface area contributed by atoms with Crippen molar-refractivity contribution in [3.63, 3.8) is 0 Å². The zero-order valence-corrected chi connectivity index (χ0v) is 54.7. The van der Waals surface area contributed by atoms with E-state index in [2.05, 4.69) is 142 Å². The molecule has 12 heteroatoms. The van der Waals surface area contributed by atoms with Gasteiger partial charge in [-0.05, 0) is 128 Å². The van der Waals surface area contributed by atoms with E-state index in [0.717, 1.165) is 148 Å². The number of esters is 3. The minimum absolute atomic E-state index is 0.0351. The summed E-state index contributed by atoms with van der Waals surface area (Å²) in [5, 5.41) is 31.7. The number of aliphatic hydroxyl groups excluding tert-OH is 2. The van der Waals surface area contributed by atoms with E-state index >= 15 is 0 Å². The fraction of sp³-hybridized carbons (Fsp3) is 0.680. The lowest BCUT2D eigenvalue weighted by Gasteiger charge is -2.40. The van der Waals surface area contributed by atoms with Crippen molar-refractivity contribution in [3.8, 4) is 0 Å². The molecule has 0 aliphatic carbocycles. The number of allylic oxidation sites excluding steroid dienone is 20. The molecule has 6 unspecified atom stereocenters. The average Bonchev–Trinajstić information content (AvgIpc) is 2.56. The highest BCUT2D eigenvalue weighted by molar-refractivity contribution is 5.74. The van der Waals surface area contributed by atoms with Crippen molar-refractivity contribution in [3.05, 3.63) is 122 Å². The van der Waals surface area contributed by atoms with Gasteiger partial charge in [0, 0.05) is 19.3 Å². The molecule has 12 nitrogen and oxygen atoms in total. The molecule has 494 valence electrons. The molecule has 0 saturated carbocycles. The molecule has 1 fully saturated rings. The number of carbonyl (C=O) groups is 4. The molecular formula is C75H122O12. The molecule has 0 spiro atoms. The number of unbranched alkanes of at least 4 members (excludes halogenated alkanes) is 24. The summed E-state index contributed by atoms with van der Waals surface area (Å²) < 4.78 is 28.6. The first kappa shape index (κ1) is 80.1. The minimum Gasteiger partial charge on any atom is -0.479 e. The van der Waals surface area contributed by atoms with Crippen LogP contribution in [0.4, 0.5) is 0 Å². The summed E-state index contributed by atoms with van der Waals surface area (Å²) in [6.45, 7) is 5.76. The van der Waals surface area contributed by atoms with E-state index in [1.54, 1.807) is 0 Å². The monoisotopic (exact) mass is 1210 g/mol. The predicted octanol–water partition coefficient (Wildman–Crippen LogP) is 19.1. The van der Waals surface area contributed by atoms with Crippen LogP contribution in [0.1, 0.15) is 278 Å². The number of ether oxygens (including phenoxy) is 5. The molecule has 0 amide bonds. The average molecular weight is 1220 g/mol. The Morgan fingerprint density at radius 3 is 1.13 bits per heavy atom. The Morgan fingerprint density at radius 1 is 0.391 bits per heavy atom. The highest BCUT2D eigenvalue weighted by Crippen LogP contribution is 2.27. The Bertz CT molecular complexity index is 1970. The van der Waals surface area contributed by atoms with Gasteiger partial charge in [0.05, 0.1) is 6.61 Å². The van der Waals surface area contributed by atoms with Crippen LogP contribution in [0.3, 0.4) is 0 Å². The van der Waals surface area contributed by atoms with Crippen LogP contribution in [0.2, 0.25) is 0 Å². The zero-order valence-electron chi connectivity index (χ0n) is 54.7. The van der Waals surface area contributed by atoms with Gasteiger partial charge in [0.15, 0.2) is 24.6 Å². The summed E-state index contributed by atoms with van der Waals surface area (Å²) in [5.41, 5.74) is 0. The van der Waals surface area contributed by atoms with Crippen molar-refractivity contribution in [1.29, 1.82) is 0 Å². The molecule has 0 aromatic carbocycles. The second kappa shape index (κ2) is 61.4. The van der Waals surface area contributed by atoms with Crippen LogP contribution in [-0.2, 0) is 42.9 Å². The van der Waals surface area contributed by atoms with Gasteiger partial charge in [-0.2, -0.15) is 0 Å². The number of hydrogen-bond acceptors (Lipinski definition) is 11. The predicted molar refractivity (Wildman–Crippen MR) is 358 cm³/mol. The number of carboxylic acid groups (broad SMARTS) is 1. The van der Waals surface area contributed by atoms with Gasteiger partial charge >= 0.3 is 23.9 Å². The van der Waals surface area contributed by atoms with E-state index in [9.17, 15) is 34.5 Å². The fourth-order valence-corrected chi connectivity index (χ4v) is 9.79. The molecule has 6 atom stereocenters. The zero-order chi connectivity index (χ0) is 63.1. The molecule has 0 bridgehead atoms. The van der Waals surface area contributed by atoms with Crippen LogP contribution in [0.5, 0.6) is 0 Å². The first-order valence-electron chi connectivity index (χ1n) is 34.5. The highest BCUT2D eigenvalue weighted by atomic mass is 16.7. The van der Waals surface area contributed by atoms with Gasteiger partial charge in [0.2, 0.25) is 0 Å². The molecule has 0 aromatic heterocycles. The quantitative estimate of drug-likeness (QED) is 0.0228. The number of aliphatic carboxylic acids is 1. The van der Waals surface area contributed by atoms with E-state index in [4.69, 9.17) is 23.7 Å². The Hall–Kier alpha value is -4.88. The maximum atomic E-state index is 13.2. The third kappa shape index (κ3) is 50.7. The summed E-state index contributed by atoms with van der Waals surface area (Å²) in [6, 6.07) is 0. The van der Waals surface area contributed by atoms with Gasteiger partial charge in [-0.1, -0.05) is 251 Å². The number of rotatable bonds is 58. The van der Waals surface area contributed by atoms with Gasteiger partial charge in [0.1, 0.15) is 18.8 Å². The lowest BCUT2D eigenvalue weighted by molar-refractivity contribution is -0.301. The first-order chi connectivity index (χ1) is 42.6. The topological polar surface area (TPSA) is 175 Å². The number of hydrogen-bond donors (Lipinski definition) is 3. The molecular weight excluding hydrogens is 1090 g/mol. The molecule has 3 N–H and O–H groups in total. The minimum atomic E-state index is -1.92. The normalized spacial score (nSPS) is 18.1. The highest BCUT2D eigenvalue weighted by Gasteiger charge is 2.50. The third-order valence-electron chi connectivity index (χ3n) is 15.0. The molecule has 1 heterocycles. The fourth-order valence-electron chi connectivity index (χ4n) is 9.79. The third-order valence-corrected chi connectivity index (χ3v) is 15.0. The van der Waals surface area contributed by atoms with Gasteiger partial charge in [0.25, 0.3) is 0 Å². The van der Waals surface area contributed by atoms with Crippen LogP contribution in [0.25, 0.3) is 0 Å². The van der Waals surface area contributed by atoms with Crippen LogP contribution < -0.4 is 0 Å². The van der Waals surface area contributed by atoms with E-state index in [0.29, 0.717) is 19.3 Å². The molecule has 1 aliphatic rings. The van der Waals surface area contributed by atoms with Crippen molar-refractivity contribution in [1.82, 2.24) is 0 Å². The van der Waals surface area contributed by atoms with Gasteiger partial charge in [-0.15, -0.1) is 0 Å². The van der Waals surface area contributed by atoms with Crippen LogP contribution in [0, 0.1) is 0 Å². The number of carbonyl (C=O) groups excluding carboxylic acids is 3. The summed E-state index contributed by atoms with van der Waals surface area (Å²) in [5.74, 6) is -3.18. The molecule has 1 rings (SSSR count). The molecule has 1 saturated heterocycles. The van der Waals surface area contributed by atoms with Gasteiger partial charge < -0.3 is 39.0 Å². The Morgan fingerprint density at radius 2 is 0.724 bits per heavy atom. The summed E-state index contributed by atoms with van der Waals surface area (Å²) in [4.78, 5) is 51.5. The van der Waals surface area contributed by atoms with Crippen LogP contribution in [-0.4, -0.2) is 89.2 Å². The van der Waals surface area contributed by atoms with Crippen molar-refractivity contribution < 1.29 is 58.2 Å². The van der Waals surface area contributed by atoms with Crippen molar-refractivity contribution in [2.24, 2.45) is 0 Å². The molecule has 1 aliphatic heterocycles.